The summed E-state index contributed by atoms with van der Waals surface area (Å²) in [5, 5.41) is 11.3. The number of thioether (sulfide) groups is 1. The monoisotopic (exact) mass is 480 g/mol. The van der Waals surface area contributed by atoms with Gasteiger partial charge in [-0.1, -0.05) is 67.9 Å². The Bertz CT molecular complexity index is 1210. The fraction of sp³-hybridized carbons (Fsp3) is 0.360. The van der Waals surface area contributed by atoms with Gasteiger partial charge in [-0.3, -0.25) is 15.1 Å². The number of unbranched alkanes of at least 4 members (excludes halogenated alkanes) is 2. The minimum absolute atomic E-state index is 0.215. The average Bonchev–Trinajstić information content (AvgIpc) is 2.85. The third kappa shape index (κ3) is 5.25. The highest BCUT2D eigenvalue weighted by Gasteiger charge is 2.35. The summed E-state index contributed by atoms with van der Waals surface area (Å²) in [5.41, 5.74) is 1.14. The van der Waals surface area contributed by atoms with E-state index in [9.17, 15) is 9.59 Å². The van der Waals surface area contributed by atoms with Crippen LogP contribution in [0.25, 0.3) is 5.70 Å². The number of hydrazone groups is 1. The fourth-order valence-corrected chi connectivity index (χ4v) is 4.63. The van der Waals surface area contributed by atoms with E-state index in [0.717, 1.165) is 30.2 Å². The molecule has 0 saturated heterocycles. The number of amides is 1. The first-order chi connectivity index (χ1) is 16.6. The number of carbonyl (C=O) groups is 2. The molecule has 2 aromatic rings. The molecule has 0 aromatic heterocycles. The van der Waals surface area contributed by atoms with Gasteiger partial charge in [-0.25, -0.2) is 9.80 Å². The molecule has 0 radical (unpaired) electrons. The Balaban J connectivity index is 1.72. The lowest BCUT2D eigenvalue weighted by Crippen LogP contribution is -2.50. The number of benzene rings is 2. The van der Waals surface area contributed by atoms with E-state index in [4.69, 9.17) is 19.6 Å². The second kappa shape index (κ2) is 11.2. The second-order valence-corrected chi connectivity index (χ2v) is 8.84. The molecule has 0 saturated carbocycles. The summed E-state index contributed by atoms with van der Waals surface area (Å²) in [6, 6.07) is 14.9. The Hall–Kier alpha value is -3.33. The summed E-state index contributed by atoms with van der Waals surface area (Å²) >= 11 is 1.53. The van der Waals surface area contributed by atoms with Gasteiger partial charge in [-0.15, -0.1) is 5.10 Å². The number of rotatable bonds is 9. The Morgan fingerprint density at radius 1 is 1.12 bits per heavy atom. The molecule has 0 aliphatic carbocycles. The molecule has 2 aromatic carbocycles. The number of para-hydroxylation sites is 2. The van der Waals surface area contributed by atoms with E-state index in [-0.39, 0.29) is 19.1 Å². The van der Waals surface area contributed by atoms with E-state index in [2.05, 4.69) is 12.2 Å². The SMILES string of the molecule is CCCCCSC1=NN2C(=c3ccccc3=NC2c2ccccc2OCC(=O)OCC)C(=O)N1. The molecule has 2 aliphatic rings. The highest BCUT2D eigenvalue weighted by molar-refractivity contribution is 8.13. The van der Waals surface area contributed by atoms with Gasteiger partial charge < -0.3 is 9.47 Å². The van der Waals surface area contributed by atoms with Gasteiger partial charge >= 0.3 is 5.97 Å². The summed E-state index contributed by atoms with van der Waals surface area (Å²) in [6.07, 6.45) is 2.68. The van der Waals surface area contributed by atoms with Crippen molar-refractivity contribution < 1.29 is 19.1 Å². The van der Waals surface area contributed by atoms with Crippen molar-refractivity contribution in [2.24, 2.45) is 10.1 Å². The van der Waals surface area contributed by atoms with Crippen LogP contribution in [0.1, 0.15) is 44.8 Å². The van der Waals surface area contributed by atoms with E-state index < -0.39 is 12.1 Å². The Morgan fingerprint density at radius 3 is 2.74 bits per heavy atom. The van der Waals surface area contributed by atoms with Crippen molar-refractivity contribution in [2.75, 3.05) is 19.0 Å². The first-order valence-electron chi connectivity index (χ1n) is 11.5. The van der Waals surface area contributed by atoms with Gasteiger partial charge in [0.25, 0.3) is 5.91 Å². The third-order valence-corrected chi connectivity index (χ3v) is 6.30. The molecule has 4 rings (SSSR count). The molecule has 2 aliphatic heterocycles. The maximum atomic E-state index is 13.2. The van der Waals surface area contributed by atoms with E-state index >= 15 is 0 Å². The van der Waals surface area contributed by atoms with Gasteiger partial charge in [0, 0.05) is 16.5 Å². The summed E-state index contributed by atoms with van der Waals surface area (Å²) in [5.74, 6) is 0.691. The molecule has 2 heterocycles. The lowest BCUT2D eigenvalue weighted by molar-refractivity contribution is -0.145. The quantitative estimate of drug-likeness (QED) is 0.438. The van der Waals surface area contributed by atoms with Crippen molar-refractivity contribution in [1.29, 1.82) is 0 Å². The number of hydrogen-bond acceptors (Lipinski definition) is 8. The molecule has 1 amide bonds. The number of esters is 1. The molecule has 0 fully saturated rings. The molecule has 0 spiro atoms. The molecule has 9 heteroatoms. The third-order valence-electron chi connectivity index (χ3n) is 5.35. The second-order valence-electron chi connectivity index (χ2n) is 7.76. The van der Waals surface area contributed by atoms with Crippen molar-refractivity contribution in [2.45, 2.75) is 39.3 Å². The number of amidine groups is 1. The molecular formula is C25H28N4O4S. The smallest absolute Gasteiger partial charge is 0.344 e. The Labute approximate surface area is 202 Å². The summed E-state index contributed by atoms with van der Waals surface area (Å²) in [6.45, 7) is 3.98. The minimum Gasteiger partial charge on any atom is -0.481 e. The molecule has 178 valence electrons. The summed E-state index contributed by atoms with van der Waals surface area (Å²) in [4.78, 5) is 30.0. The van der Waals surface area contributed by atoms with Crippen LogP contribution < -0.4 is 20.6 Å². The van der Waals surface area contributed by atoms with E-state index in [1.807, 2.05) is 42.5 Å². The van der Waals surface area contributed by atoms with Crippen LogP contribution in [0.4, 0.5) is 0 Å². The fourth-order valence-electron chi connectivity index (χ4n) is 3.78. The molecule has 1 unspecified atom stereocenters. The van der Waals surface area contributed by atoms with Crippen molar-refractivity contribution in [3.63, 3.8) is 0 Å². The largest absolute Gasteiger partial charge is 0.481 e. The van der Waals surface area contributed by atoms with E-state index in [1.165, 1.54) is 11.8 Å². The van der Waals surface area contributed by atoms with Crippen LogP contribution in [0.5, 0.6) is 5.75 Å². The highest BCUT2D eigenvalue weighted by Crippen LogP contribution is 2.35. The van der Waals surface area contributed by atoms with Crippen LogP contribution in [0.2, 0.25) is 0 Å². The zero-order chi connectivity index (χ0) is 23.9. The van der Waals surface area contributed by atoms with Crippen LogP contribution in [-0.2, 0) is 14.3 Å². The van der Waals surface area contributed by atoms with Crippen molar-refractivity contribution in [1.82, 2.24) is 10.3 Å². The summed E-state index contributed by atoms with van der Waals surface area (Å²) < 4.78 is 10.8. The predicted octanol–water partition coefficient (Wildman–Crippen LogP) is 2.69. The summed E-state index contributed by atoms with van der Waals surface area (Å²) in [7, 11) is 0. The average molecular weight is 481 g/mol. The van der Waals surface area contributed by atoms with Crippen molar-refractivity contribution in [3.8, 4) is 5.75 Å². The van der Waals surface area contributed by atoms with Crippen LogP contribution in [-0.4, -0.2) is 41.0 Å². The lowest BCUT2D eigenvalue weighted by atomic mass is 10.1. The maximum Gasteiger partial charge on any atom is 0.344 e. The predicted molar refractivity (Wildman–Crippen MR) is 131 cm³/mol. The molecule has 1 atom stereocenters. The topological polar surface area (TPSA) is 92.6 Å². The van der Waals surface area contributed by atoms with Crippen molar-refractivity contribution >= 4 is 34.5 Å². The van der Waals surface area contributed by atoms with Gasteiger partial charge in [0.15, 0.2) is 17.9 Å². The maximum absolute atomic E-state index is 13.2. The number of nitrogens with one attached hydrogen (secondary N) is 1. The molecule has 0 bridgehead atoms. The van der Waals surface area contributed by atoms with Crippen LogP contribution in [0.3, 0.4) is 0 Å². The number of carbonyl (C=O) groups excluding carboxylic acids is 2. The van der Waals surface area contributed by atoms with Crippen LogP contribution in [0, 0.1) is 0 Å². The lowest BCUT2D eigenvalue weighted by Gasteiger charge is -2.34. The van der Waals surface area contributed by atoms with Gasteiger partial charge in [0.2, 0.25) is 0 Å². The van der Waals surface area contributed by atoms with Crippen LogP contribution in [0.15, 0.2) is 58.6 Å². The number of ether oxygens (including phenoxy) is 2. The van der Waals surface area contributed by atoms with Gasteiger partial charge in [0.05, 0.1) is 12.0 Å². The van der Waals surface area contributed by atoms with Gasteiger partial charge in [-0.2, -0.15) is 0 Å². The van der Waals surface area contributed by atoms with E-state index in [0.29, 0.717) is 27.5 Å². The first-order valence-corrected chi connectivity index (χ1v) is 12.5. The number of nitrogens with zero attached hydrogens (tertiary/aromatic N) is 3. The minimum atomic E-state index is -0.624. The van der Waals surface area contributed by atoms with Gasteiger partial charge in [-0.05, 0) is 25.5 Å². The standard InChI is InChI=1S/C25H28N4O4S/c1-3-5-10-15-34-25-27-24(31)22-17-11-6-8-13-19(17)26-23(29(22)28-25)18-12-7-9-14-20(18)33-16-21(30)32-4-2/h6-9,11-14,23H,3-5,10,15-16H2,1-2H3,(H,27,28,31). The zero-order valence-corrected chi connectivity index (χ0v) is 20.1. The zero-order valence-electron chi connectivity index (χ0n) is 19.3. The molecular weight excluding hydrogens is 452 g/mol. The van der Waals surface area contributed by atoms with Crippen LogP contribution >= 0.6 is 11.8 Å². The highest BCUT2D eigenvalue weighted by atomic mass is 32.2. The first kappa shape index (κ1) is 23.8. The number of fused-ring (bicyclic) bond motifs is 2. The van der Waals surface area contributed by atoms with E-state index in [1.54, 1.807) is 18.0 Å². The number of hydrogen-bond donors (Lipinski definition) is 1. The molecule has 8 nitrogen and oxygen atoms in total. The Kier molecular flexibility index (Phi) is 7.84. The van der Waals surface area contributed by atoms with Gasteiger partial charge in [0.1, 0.15) is 11.4 Å². The van der Waals surface area contributed by atoms with Crippen molar-refractivity contribution in [3.05, 3.63) is 64.7 Å². The Morgan fingerprint density at radius 2 is 1.91 bits per heavy atom. The molecule has 34 heavy (non-hydrogen) atoms. The normalized spacial score (nSPS) is 16.6. The molecule has 1 N–H and O–H groups in total.